The Bertz CT molecular complexity index is 399. The molecule has 2 aliphatic rings. The molecule has 1 aliphatic carbocycles. The lowest BCUT2D eigenvalue weighted by Gasteiger charge is -2.45. The summed E-state index contributed by atoms with van der Waals surface area (Å²) < 4.78 is 0. The Kier molecular flexibility index (Phi) is 2.76. The Labute approximate surface area is 109 Å². The molecule has 2 atom stereocenters. The maximum Gasteiger partial charge on any atom is 0.248 e. The first-order valence-electron chi connectivity index (χ1n) is 6.73. The van der Waals surface area contributed by atoms with E-state index in [-0.39, 0.29) is 35.2 Å². The molecular weight excluding hydrogens is 228 g/mol. The number of rotatable bonds is 2. The molecule has 2 rings (SSSR count). The second-order valence-corrected chi connectivity index (χ2v) is 7.22. The van der Waals surface area contributed by atoms with Crippen LogP contribution in [0.1, 0.15) is 48.0 Å². The molecule has 0 bridgehead atoms. The Morgan fingerprint density at radius 3 is 2.11 bits per heavy atom. The molecule has 0 aromatic heterocycles. The Hall–Kier alpha value is -1.06. The van der Waals surface area contributed by atoms with Crippen molar-refractivity contribution in [3.05, 3.63) is 0 Å². The van der Waals surface area contributed by atoms with E-state index in [2.05, 4.69) is 19.2 Å². The van der Waals surface area contributed by atoms with E-state index >= 15 is 0 Å². The summed E-state index contributed by atoms with van der Waals surface area (Å²) in [6.45, 7) is 11.9. The number of amides is 2. The van der Waals surface area contributed by atoms with Crippen LogP contribution in [0.2, 0.25) is 0 Å². The molecule has 1 N–H and O–H groups in total. The summed E-state index contributed by atoms with van der Waals surface area (Å²) in [4.78, 5) is 26.7. The van der Waals surface area contributed by atoms with Crippen LogP contribution < -0.4 is 5.32 Å². The average molecular weight is 252 g/mol. The van der Waals surface area contributed by atoms with Crippen molar-refractivity contribution in [1.29, 1.82) is 0 Å². The lowest BCUT2D eigenvalue weighted by Crippen LogP contribution is -2.70. The summed E-state index contributed by atoms with van der Waals surface area (Å²) in [6.07, 6.45) is 0.991. The summed E-state index contributed by atoms with van der Waals surface area (Å²) in [5, 5.41) is 2.85. The zero-order valence-electron chi connectivity index (χ0n) is 12.2. The van der Waals surface area contributed by atoms with Crippen molar-refractivity contribution in [3.8, 4) is 0 Å². The van der Waals surface area contributed by atoms with Gasteiger partial charge in [-0.3, -0.25) is 9.59 Å². The smallest absolute Gasteiger partial charge is 0.248 e. The van der Waals surface area contributed by atoms with E-state index in [9.17, 15) is 9.59 Å². The Morgan fingerprint density at radius 2 is 1.72 bits per heavy atom. The Morgan fingerprint density at radius 1 is 1.22 bits per heavy atom. The van der Waals surface area contributed by atoms with E-state index in [0.717, 1.165) is 6.42 Å². The topological polar surface area (TPSA) is 49.4 Å². The normalized spacial score (nSPS) is 33.6. The maximum atomic E-state index is 12.6. The second-order valence-electron chi connectivity index (χ2n) is 7.22. The zero-order chi connectivity index (χ0) is 13.9. The van der Waals surface area contributed by atoms with Crippen LogP contribution in [0.5, 0.6) is 0 Å². The molecule has 2 unspecified atom stereocenters. The lowest BCUT2D eigenvalue weighted by molar-refractivity contribution is -0.156. The van der Waals surface area contributed by atoms with E-state index in [4.69, 9.17) is 0 Å². The number of hydrogen-bond donors (Lipinski definition) is 1. The summed E-state index contributed by atoms with van der Waals surface area (Å²) in [5.41, 5.74) is -0.627. The third-order valence-corrected chi connectivity index (χ3v) is 4.20. The minimum absolute atomic E-state index is 0.0164. The van der Waals surface area contributed by atoms with Gasteiger partial charge in [0.2, 0.25) is 11.8 Å². The fourth-order valence-electron chi connectivity index (χ4n) is 2.88. The number of carbonyl (C=O) groups is 2. The first-order chi connectivity index (χ1) is 8.08. The van der Waals surface area contributed by atoms with Gasteiger partial charge in [0, 0.05) is 6.04 Å². The van der Waals surface area contributed by atoms with Crippen molar-refractivity contribution in [2.45, 2.75) is 65.6 Å². The maximum absolute atomic E-state index is 12.6. The van der Waals surface area contributed by atoms with Gasteiger partial charge in [-0.05, 0) is 31.6 Å². The molecule has 0 aromatic carbocycles. The van der Waals surface area contributed by atoms with Crippen molar-refractivity contribution >= 4 is 11.8 Å². The van der Waals surface area contributed by atoms with E-state index in [1.54, 1.807) is 13.8 Å². The van der Waals surface area contributed by atoms with Crippen LogP contribution in [0.3, 0.4) is 0 Å². The highest BCUT2D eigenvalue weighted by Crippen LogP contribution is 2.50. The van der Waals surface area contributed by atoms with E-state index < -0.39 is 5.54 Å². The first-order valence-corrected chi connectivity index (χ1v) is 6.73. The minimum Gasteiger partial charge on any atom is -0.340 e. The summed E-state index contributed by atoms with van der Waals surface area (Å²) >= 11 is 0. The zero-order valence-corrected chi connectivity index (χ0v) is 12.2. The highest BCUT2D eigenvalue weighted by molar-refractivity contribution is 5.99. The number of carbonyl (C=O) groups excluding carboxylic acids is 2. The summed E-state index contributed by atoms with van der Waals surface area (Å²) in [5.74, 6) is 0.176. The molecule has 1 aliphatic heterocycles. The number of nitrogens with one attached hydrogen (secondary N) is 1. The van der Waals surface area contributed by atoms with Gasteiger partial charge in [-0.15, -0.1) is 0 Å². The van der Waals surface area contributed by atoms with Gasteiger partial charge in [-0.25, -0.2) is 0 Å². The lowest BCUT2D eigenvalue weighted by atomic mass is 9.90. The fourth-order valence-corrected chi connectivity index (χ4v) is 2.88. The molecule has 1 saturated carbocycles. The summed E-state index contributed by atoms with van der Waals surface area (Å²) in [6, 6.07) is -0.111. The standard InChI is InChI=1S/C14H24N2O2/c1-8(2)10-11(17)15-14(5,6)12(18)16(10)9-7-13(9,3)4/h8-10H,7H2,1-6H3,(H,15,17). The second kappa shape index (κ2) is 3.72. The number of hydrogen-bond acceptors (Lipinski definition) is 2. The van der Waals surface area contributed by atoms with Gasteiger partial charge >= 0.3 is 0 Å². The van der Waals surface area contributed by atoms with E-state index in [1.165, 1.54) is 0 Å². The van der Waals surface area contributed by atoms with Gasteiger partial charge in [0.1, 0.15) is 11.6 Å². The predicted molar refractivity (Wildman–Crippen MR) is 69.9 cm³/mol. The van der Waals surface area contributed by atoms with Gasteiger partial charge in [0.05, 0.1) is 0 Å². The van der Waals surface area contributed by atoms with E-state index in [0.29, 0.717) is 0 Å². The van der Waals surface area contributed by atoms with Crippen LogP contribution in [0, 0.1) is 11.3 Å². The van der Waals surface area contributed by atoms with Gasteiger partial charge in [-0.1, -0.05) is 27.7 Å². The highest BCUT2D eigenvalue weighted by Gasteiger charge is 2.58. The first kappa shape index (κ1) is 13.4. The van der Waals surface area contributed by atoms with Gasteiger partial charge < -0.3 is 10.2 Å². The van der Waals surface area contributed by atoms with Crippen molar-refractivity contribution < 1.29 is 9.59 Å². The largest absolute Gasteiger partial charge is 0.340 e. The van der Waals surface area contributed by atoms with Crippen molar-refractivity contribution in [1.82, 2.24) is 10.2 Å². The van der Waals surface area contributed by atoms with Gasteiger partial charge in [0.15, 0.2) is 0 Å². The predicted octanol–water partition coefficient (Wildman–Crippen LogP) is 1.55. The molecule has 0 spiro atoms. The van der Waals surface area contributed by atoms with Gasteiger partial charge in [0.25, 0.3) is 0 Å². The molecule has 1 heterocycles. The molecule has 2 fully saturated rings. The molecule has 0 aromatic rings. The van der Waals surface area contributed by atoms with Crippen LogP contribution in [0.25, 0.3) is 0 Å². The van der Waals surface area contributed by atoms with E-state index in [1.807, 2.05) is 18.7 Å². The molecule has 2 amide bonds. The summed E-state index contributed by atoms with van der Waals surface area (Å²) in [7, 11) is 0. The van der Waals surface area contributed by atoms with Crippen molar-refractivity contribution in [2.75, 3.05) is 0 Å². The van der Waals surface area contributed by atoms with Crippen LogP contribution >= 0.6 is 0 Å². The highest BCUT2D eigenvalue weighted by atomic mass is 16.2. The van der Waals surface area contributed by atoms with Crippen LogP contribution in [0.4, 0.5) is 0 Å². The monoisotopic (exact) mass is 252 g/mol. The number of nitrogens with zero attached hydrogens (tertiary/aromatic N) is 1. The van der Waals surface area contributed by atoms with Crippen LogP contribution in [-0.2, 0) is 9.59 Å². The third-order valence-electron chi connectivity index (χ3n) is 4.20. The fraction of sp³-hybridized carbons (Fsp3) is 0.857. The SMILES string of the molecule is CC(C)C1C(=O)NC(C)(C)C(=O)N1C1CC1(C)C. The van der Waals surface area contributed by atoms with Crippen LogP contribution in [0.15, 0.2) is 0 Å². The third kappa shape index (κ3) is 1.91. The molecule has 0 radical (unpaired) electrons. The minimum atomic E-state index is -0.777. The molecular formula is C14H24N2O2. The molecule has 102 valence electrons. The van der Waals surface area contributed by atoms with Gasteiger partial charge in [-0.2, -0.15) is 0 Å². The molecule has 4 nitrogen and oxygen atoms in total. The Balaban J connectivity index is 2.35. The van der Waals surface area contributed by atoms with Crippen molar-refractivity contribution in [3.63, 3.8) is 0 Å². The quantitative estimate of drug-likeness (QED) is 0.810. The molecule has 4 heteroatoms. The van der Waals surface area contributed by atoms with Crippen molar-refractivity contribution in [2.24, 2.45) is 11.3 Å². The average Bonchev–Trinajstić information content (AvgIpc) is 2.79. The molecule has 18 heavy (non-hydrogen) atoms. The number of piperazine rings is 1. The molecule has 1 saturated heterocycles. The van der Waals surface area contributed by atoms with Crippen LogP contribution in [-0.4, -0.2) is 34.3 Å².